The molecule has 0 aliphatic carbocycles. The number of benzene rings is 1. The molecule has 0 N–H and O–H groups in total. The van der Waals surface area contributed by atoms with Crippen LogP contribution in [0.5, 0.6) is 0 Å². The largest absolute Gasteiger partial charge is 0.305 e. The van der Waals surface area contributed by atoms with Gasteiger partial charge in [0, 0.05) is 29.9 Å². The Hall–Kier alpha value is -2.78. The molecule has 5 nitrogen and oxygen atoms in total. The van der Waals surface area contributed by atoms with Crippen LogP contribution in [0.25, 0.3) is 17.0 Å². The van der Waals surface area contributed by atoms with Crippen molar-refractivity contribution in [2.75, 3.05) is 14.1 Å². The molecule has 1 aromatic carbocycles. The summed E-state index contributed by atoms with van der Waals surface area (Å²) in [4.78, 5) is 1.91. The minimum Gasteiger partial charge on any atom is -0.305 e. The van der Waals surface area contributed by atoms with Gasteiger partial charge in [0.2, 0.25) is 0 Å². The molecule has 0 amide bonds. The molecule has 0 radical (unpaired) electrons. The minimum atomic E-state index is -0.267. The molecular formula is C16H14FN5. The van der Waals surface area contributed by atoms with Crippen molar-refractivity contribution in [3.63, 3.8) is 0 Å². The number of aromatic nitrogens is 3. The smallest absolute Gasteiger partial charge is 0.168 e. The van der Waals surface area contributed by atoms with Crippen LogP contribution in [0.4, 0.5) is 4.39 Å². The standard InChI is InChI=1S/C16H14FN5/c1-21(2)10-13-4-3-12(8-14(13)17)16-20-19-15-7-11(9-18)5-6-22(15)16/h3-8H,10H2,1-2H3. The monoisotopic (exact) mass is 295 g/mol. The maximum atomic E-state index is 14.2. The Morgan fingerprint density at radius 2 is 2.05 bits per heavy atom. The first-order chi connectivity index (χ1) is 10.6. The SMILES string of the molecule is CN(C)Cc1ccc(-c2nnc3cc(C#N)ccn23)cc1F. The molecule has 0 atom stereocenters. The number of fused-ring (bicyclic) bond motifs is 1. The molecule has 0 spiro atoms. The van der Waals surface area contributed by atoms with E-state index < -0.39 is 0 Å². The first kappa shape index (κ1) is 14.2. The van der Waals surface area contributed by atoms with Crippen LogP contribution < -0.4 is 0 Å². The number of pyridine rings is 1. The third-order valence-electron chi connectivity index (χ3n) is 3.34. The number of nitriles is 1. The van der Waals surface area contributed by atoms with Crippen molar-refractivity contribution in [3.05, 3.63) is 53.5 Å². The van der Waals surface area contributed by atoms with Gasteiger partial charge in [-0.3, -0.25) is 4.40 Å². The van der Waals surface area contributed by atoms with E-state index in [2.05, 4.69) is 16.3 Å². The van der Waals surface area contributed by atoms with Crippen LogP contribution in [0.3, 0.4) is 0 Å². The number of rotatable bonds is 3. The van der Waals surface area contributed by atoms with Gasteiger partial charge >= 0.3 is 0 Å². The van der Waals surface area contributed by atoms with E-state index in [0.717, 1.165) is 0 Å². The second kappa shape index (κ2) is 5.54. The zero-order valence-electron chi connectivity index (χ0n) is 12.3. The summed E-state index contributed by atoms with van der Waals surface area (Å²) in [5, 5.41) is 17.0. The molecule has 0 saturated heterocycles. The Kier molecular flexibility index (Phi) is 3.57. The van der Waals surface area contributed by atoms with E-state index in [4.69, 9.17) is 5.26 Å². The topological polar surface area (TPSA) is 57.2 Å². The second-order valence-corrected chi connectivity index (χ2v) is 5.32. The van der Waals surface area contributed by atoms with E-state index in [1.54, 1.807) is 28.8 Å². The molecule has 22 heavy (non-hydrogen) atoms. The Labute approximate surface area is 127 Å². The fourth-order valence-corrected chi connectivity index (χ4v) is 2.31. The van der Waals surface area contributed by atoms with E-state index in [-0.39, 0.29) is 5.82 Å². The summed E-state index contributed by atoms with van der Waals surface area (Å²) in [6, 6.07) is 10.4. The Bertz CT molecular complexity index is 876. The van der Waals surface area contributed by atoms with Crippen molar-refractivity contribution in [2.45, 2.75) is 6.54 Å². The fraction of sp³-hybridized carbons (Fsp3) is 0.188. The minimum absolute atomic E-state index is 0.267. The lowest BCUT2D eigenvalue weighted by Crippen LogP contribution is -2.11. The van der Waals surface area contributed by atoms with Gasteiger partial charge in [-0.1, -0.05) is 12.1 Å². The van der Waals surface area contributed by atoms with Crippen molar-refractivity contribution in [3.8, 4) is 17.5 Å². The van der Waals surface area contributed by atoms with Gasteiger partial charge in [0.15, 0.2) is 11.5 Å². The summed E-state index contributed by atoms with van der Waals surface area (Å²) in [5.41, 5.74) is 2.36. The maximum Gasteiger partial charge on any atom is 0.168 e. The molecular weight excluding hydrogens is 281 g/mol. The Morgan fingerprint density at radius 3 is 2.73 bits per heavy atom. The summed E-state index contributed by atoms with van der Waals surface area (Å²) < 4.78 is 15.9. The summed E-state index contributed by atoms with van der Waals surface area (Å²) in [6.07, 6.45) is 1.72. The Balaban J connectivity index is 2.05. The molecule has 0 bridgehead atoms. The van der Waals surface area contributed by atoms with Gasteiger partial charge in [-0.15, -0.1) is 10.2 Å². The molecule has 3 rings (SSSR count). The zero-order chi connectivity index (χ0) is 15.7. The zero-order valence-corrected chi connectivity index (χ0v) is 12.3. The summed E-state index contributed by atoms with van der Waals surface area (Å²) >= 11 is 0. The molecule has 0 unspecified atom stereocenters. The lowest BCUT2D eigenvalue weighted by Gasteiger charge is -2.11. The quantitative estimate of drug-likeness (QED) is 0.745. The van der Waals surface area contributed by atoms with Crippen LogP contribution >= 0.6 is 0 Å². The predicted molar refractivity (Wildman–Crippen MR) is 80.5 cm³/mol. The van der Waals surface area contributed by atoms with Gasteiger partial charge in [-0.05, 0) is 26.2 Å². The molecule has 0 saturated carbocycles. The predicted octanol–water partition coefficient (Wildman–Crippen LogP) is 2.47. The fourth-order valence-electron chi connectivity index (χ4n) is 2.31. The van der Waals surface area contributed by atoms with Crippen molar-refractivity contribution in [2.24, 2.45) is 0 Å². The van der Waals surface area contributed by atoms with Crippen LogP contribution in [0.2, 0.25) is 0 Å². The van der Waals surface area contributed by atoms with Crippen molar-refractivity contribution in [1.29, 1.82) is 5.26 Å². The molecule has 2 aromatic heterocycles. The average molecular weight is 295 g/mol. The molecule has 0 aliphatic heterocycles. The van der Waals surface area contributed by atoms with E-state index in [9.17, 15) is 4.39 Å². The van der Waals surface area contributed by atoms with Crippen molar-refractivity contribution in [1.82, 2.24) is 19.5 Å². The van der Waals surface area contributed by atoms with Gasteiger partial charge in [0.05, 0.1) is 11.6 Å². The van der Waals surface area contributed by atoms with Crippen molar-refractivity contribution >= 4 is 5.65 Å². The van der Waals surface area contributed by atoms with Gasteiger partial charge in [-0.25, -0.2) is 4.39 Å². The second-order valence-electron chi connectivity index (χ2n) is 5.32. The van der Waals surface area contributed by atoms with Gasteiger partial charge < -0.3 is 4.90 Å². The van der Waals surface area contributed by atoms with Crippen LogP contribution in [0.15, 0.2) is 36.5 Å². The highest BCUT2D eigenvalue weighted by Crippen LogP contribution is 2.22. The molecule has 6 heteroatoms. The van der Waals surface area contributed by atoms with Crippen molar-refractivity contribution < 1.29 is 4.39 Å². The van der Waals surface area contributed by atoms with E-state index in [1.165, 1.54) is 6.07 Å². The summed E-state index contributed by atoms with van der Waals surface area (Å²) in [7, 11) is 3.79. The van der Waals surface area contributed by atoms with E-state index in [1.807, 2.05) is 25.1 Å². The lowest BCUT2D eigenvalue weighted by molar-refractivity contribution is 0.392. The molecule has 3 aromatic rings. The first-order valence-corrected chi connectivity index (χ1v) is 6.77. The Morgan fingerprint density at radius 1 is 1.23 bits per heavy atom. The summed E-state index contributed by atoms with van der Waals surface area (Å²) in [6.45, 7) is 0.540. The van der Waals surface area contributed by atoms with Gasteiger partial charge in [-0.2, -0.15) is 5.26 Å². The third kappa shape index (κ3) is 2.54. The number of hydrogen-bond acceptors (Lipinski definition) is 4. The highest BCUT2D eigenvalue weighted by Gasteiger charge is 2.11. The summed E-state index contributed by atoms with van der Waals surface area (Å²) in [5.74, 6) is 0.284. The van der Waals surface area contributed by atoms with Gasteiger partial charge in [0.1, 0.15) is 5.82 Å². The third-order valence-corrected chi connectivity index (χ3v) is 3.34. The number of nitrogens with zero attached hydrogens (tertiary/aromatic N) is 5. The molecule has 110 valence electrons. The van der Waals surface area contributed by atoms with Crippen LogP contribution in [-0.2, 0) is 6.54 Å². The number of hydrogen-bond donors (Lipinski definition) is 0. The lowest BCUT2D eigenvalue weighted by atomic mass is 10.1. The highest BCUT2D eigenvalue weighted by molar-refractivity contribution is 5.61. The molecule has 0 aliphatic rings. The van der Waals surface area contributed by atoms with E-state index >= 15 is 0 Å². The molecule has 2 heterocycles. The van der Waals surface area contributed by atoms with Gasteiger partial charge in [0.25, 0.3) is 0 Å². The van der Waals surface area contributed by atoms with Crippen LogP contribution in [-0.4, -0.2) is 33.6 Å². The first-order valence-electron chi connectivity index (χ1n) is 6.77. The van der Waals surface area contributed by atoms with E-state index in [0.29, 0.717) is 34.7 Å². The van der Waals surface area contributed by atoms with Crippen LogP contribution in [0, 0.1) is 17.1 Å². The molecule has 0 fully saturated rings. The highest BCUT2D eigenvalue weighted by atomic mass is 19.1. The normalized spacial score (nSPS) is 11.0. The number of halogens is 1. The average Bonchev–Trinajstić information content (AvgIpc) is 2.91. The maximum absolute atomic E-state index is 14.2. The van der Waals surface area contributed by atoms with Crippen LogP contribution in [0.1, 0.15) is 11.1 Å².